The minimum Gasteiger partial charge on any atom is -0.239 e. The summed E-state index contributed by atoms with van der Waals surface area (Å²) in [7, 11) is 0. The molecule has 0 heterocycles. The molecule has 2 aromatic rings. The lowest BCUT2D eigenvalue weighted by Crippen LogP contribution is -2.13. The van der Waals surface area contributed by atoms with Crippen molar-refractivity contribution in [2.75, 3.05) is 0 Å². The summed E-state index contributed by atoms with van der Waals surface area (Å²) in [5.74, 6) is 2.91. The van der Waals surface area contributed by atoms with Crippen molar-refractivity contribution in [3.8, 4) is 0 Å². The van der Waals surface area contributed by atoms with Crippen LogP contribution >= 0.6 is 0 Å². The van der Waals surface area contributed by atoms with Crippen molar-refractivity contribution in [2.24, 2.45) is 11.8 Å². The van der Waals surface area contributed by atoms with Crippen LogP contribution < -0.4 is 0 Å². The molecule has 2 aliphatic rings. The zero-order valence-electron chi connectivity index (χ0n) is 21.3. The van der Waals surface area contributed by atoms with E-state index in [2.05, 4.69) is 13.8 Å². The Morgan fingerprint density at radius 2 is 0.882 bits per heavy atom. The highest BCUT2D eigenvalue weighted by molar-refractivity contribution is 5.32. The third-order valence-electron chi connectivity index (χ3n) is 8.80. The number of benzene rings is 2. The molecule has 0 N–H and O–H groups in total. The first kappa shape index (κ1) is 25.4. The van der Waals surface area contributed by atoms with E-state index in [1.54, 1.807) is 0 Å². The summed E-state index contributed by atoms with van der Waals surface area (Å²) in [6.45, 7) is 4.54. The second-order valence-electron chi connectivity index (χ2n) is 11.1. The maximum absolute atomic E-state index is 15.1. The van der Waals surface area contributed by atoms with Gasteiger partial charge >= 0.3 is 0 Å². The van der Waals surface area contributed by atoms with Gasteiger partial charge in [-0.25, -0.2) is 8.78 Å². The third kappa shape index (κ3) is 6.29. The van der Waals surface area contributed by atoms with E-state index in [1.165, 1.54) is 88.2 Å². The molecule has 2 unspecified atom stereocenters. The molecule has 0 radical (unpaired) electrons. The fourth-order valence-electron chi connectivity index (χ4n) is 6.63. The van der Waals surface area contributed by atoms with Gasteiger partial charge in [0.15, 0.2) is 12.3 Å². The van der Waals surface area contributed by atoms with Crippen molar-refractivity contribution in [3.05, 3.63) is 70.8 Å². The molecule has 0 amide bonds. The Balaban J connectivity index is 1.32. The summed E-state index contributed by atoms with van der Waals surface area (Å²) in [5.41, 5.74) is 3.49. The Labute approximate surface area is 206 Å². The zero-order chi connectivity index (χ0) is 23.9. The van der Waals surface area contributed by atoms with Gasteiger partial charge in [-0.15, -0.1) is 0 Å². The van der Waals surface area contributed by atoms with Crippen LogP contribution in [0.1, 0.15) is 137 Å². The first-order chi connectivity index (χ1) is 16.6. The molecule has 2 aromatic carbocycles. The molecule has 0 spiro atoms. The fraction of sp³-hybridized carbons (Fsp3) is 0.625. The minimum absolute atomic E-state index is 0.453. The van der Waals surface area contributed by atoms with Crippen molar-refractivity contribution in [1.29, 1.82) is 0 Å². The van der Waals surface area contributed by atoms with Gasteiger partial charge in [-0.2, -0.15) is 0 Å². The molecule has 4 rings (SSSR count). The van der Waals surface area contributed by atoms with Gasteiger partial charge in [0.05, 0.1) is 0 Å². The predicted octanol–water partition coefficient (Wildman–Crippen LogP) is 10.6. The Morgan fingerprint density at radius 3 is 1.18 bits per heavy atom. The maximum atomic E-state index is 15.1. The van der Waals surface area contributed by atoms with E-state index in [0.29, 0.717) is 23.0 Å². The molecule has 186 valence electrons. The summed E-state index contributed by atoms with van der Waals surface area (Å²) < 4.78 is 30.2. The quantitative estimate of drug-likeness (QED) is 0.345. The van der Waals surface area contributed by atoms with Gasteiger partial charge in [-0.1, -0.05) is 88.1 Å². The molecule has 2 fully saturated rings. The van der Waals surface area contributed by atoms with Crippen LogP contribution in [0.4, 0.5) is 8.78 Å². The topological polar surface area (TPSA) is 0 Å². The average molecular weight is 467 g/mol. The second kappa shape index (κ2) is 12.3. The first-order valence-corrected chi connectivity index (χ1v) is 14.1. The number of hydrogen-bond acceptors (Lipinski definition) is 0. The first-order valence-electron chi connectivity index (χ1n) is 14.1. The fourth-order valence-corrected chi connectivity index (χ4v) is 6.63. The lowest BCUT2D eigenvalue weighted by molar-refractivity contribution is 0.170. The largest absolute Gasteiger partial charge is 0.239 e. The van der Waals surface area contributed by atoms with Gasteiger partial charge in [0.2, 0.25) is 0 Å². The molecule has 34 heavy (non-hydrogen) atoms. The van der Waals surface area contributed by atoms with Crippen LogP contribution in [-0.2, 0) is 0 Å². The van der Waals surface area contributed by atoms with E-state index in [0.717, 1.165) is 11.8 Å². The number of halogens is 2. The highest BCUT2D eigenvalue weighted by Crippen LogP contribution is 2.41. The molecular weight excluding hydrogens is 422 g/mol. The molecule has 0 nitrogen and oxygen atoms in total. The third-order valence-corrected chi connectivity index (χ3v) is 8.80. The van der Waals surface area contributed by atoms with E-state index in [9.17, 15) is 0 Å². The highest BCUT2D eigenvalue weighted by Gasteiger charge is 2.27. The smallest absolute Gasteiger partial charge is 0.160 e. The van der Waals surface area contributed by atoms with E-state index in [4.69, 9.17) is 0 Å². The molecule has 2 atom stereocenters. The number of hydrogen-bond donors (Lipinski definition) is 0. The van der Waals surface area contributed by atoms with Crippen LogP contribution in [0.25, 0.3) is 0 Å². The minimum atomic E-state index is -1.62. The van der Waals surface area contributed by atoms with Crippen molar-refractivity contribution in [1.82, 2.24) is 0 Å². The molecular formula is C32H44F2. The molecule has 2 heteroatoms. The Bertz CT molecular complexity index is 766. The van der Waals surface area contributed by atoms with Gasteiger partial charge < -0.3 is 0 Å². The predicted molar refractivity (Wildman–Crippen MR) is 140 cm³/mol. The number of rotatable bonds is 9. The molecule has 2 saturated carbocycles. The van der Waals surface area contributed by atoms with E-state index in [1.807, 2.05) is 48.5 Å². The zero-order valence-corrected chi connectivity index (χ0v) is 21.3. The summed E-state index contributed by atoms with van der Waals surface area (Å²) in [5, 5.41) is 0. The summed E-state index contributed by atoms with van der Waals surface area (Å²) in [6, 6.07) is 15.4. The van der Waals surface area contributed by atoms with Gasteiger partial charge in [-0.3, -0.25) is 0 Å². The SMILES string of the molecule is CCC[C@H]1CC[C@H](c2ccc(C(F)C(F)c3ccc([C@H]4CC[C@H](CCC)CC4)cc3)cc2)CC1. The highest BCUT2D eigenvalue weighted by atomic mass is 19.2. The van der Waals surface area contributed by atoms with Gasteiger partial charge in [0.1, 0.15) is 0 Å². The Morgan fingerprint density at radius 1 is 0.559 bits per heavy atom. The number of alkyl halides is 2. The summed E-state index contributed by atoms with van der Waals surface area (Å²) in [4.78, 5) is 0. The van der Waals surface area contributed by atoms with Crippen LogP contribution in [0, 0.1) is 11.8 Å². The molecule has 2 aliphatic carbocycles. The van der Waals surface area contributed by atoms with E-state index < -0.39 is 12.3 Å². The Hall–Kier alpha value is -1.70. The monoisotopic (exact) mass is 466 g/mol. The summed E-state index contributed by atoms with van der Waals surface area (Å²) >= 11 is 0. The molecule has 0 aliphatic heterocycles. The second-order valence-corrected chi connectivity index (χ2v) is 11.1. The van der Waals surface area contributed by atoms with Crippen LogP contribution in [0.15, 0.2) is 48.5 Å². The van der Waals surface area contributed by atoms with Gasteiger partial charge in [0, 0.05) is 0 Å². The average Bonchev–Trinajstić information content (AvgIpc) is 2.89. The van der Waals surface area contributed by atoms with Crippen LogP contribution in [0.2, 0.25) is 0 Å². The Kier molecular flexibility index (Phi) is 9.20. The van der Waals surface area contributed by atoms with Crippen LogP contribution in [-0.4, -0.2) is 0 Å². The van der Waals surface area contributed by atoms with Gasteiger partial charge in [-0.05, 0) is 97.3 Å². The van der Waals surface area contributed by atoms with Crippen molar-refractivity contribution < 1.29 is 8.78 Å². The van der Waals surface area contributed by atoms with E-state index in [-0.39, 0.29) is 0 Å². The summed E-state index contributed by atoms with van der Waals surface area (Å²) in [6.07, 6.45) is 12.1. The van der Waals surface area contributed by atoms with Crippen molar-refractivity contribution in [2.45, 2.75) is 115 Å². The maximum Gasteiger partial charge on any atom is 0.160 e. The molecule has 0 bridgehead atoms. The molecule has 0 saturated heterocycles. The lowest BCUT2D eigenvalue weighted by atomic mass is 9.77. The normalized spacial score (nSPS) is 27.3. The van der Waals surface area contributed by atoms with E-state index >= 15 is 8.78 Å². The standard InChI is InChI=1S/C32H44F2/c1-3-5-23-7-11-25(12-8-23)27-15-19-29(20-16-27)31(33)32(34)30-21-17-28(18-22-30)26-13-9-24(6-4-2)10-14-26/h15-26,31-32H,3-14H2,1-2H3/t23-,24-,25-,26-,31?,32?. The van der Waals surface area contributed by atoms with Crippen LogP contribution in [0.3, 0.4) is 0 Å². The molecule has 0 aromatic heterocycles. The van der Waals surface area contributed by atoms with Gasteiger partial charge in [0.25, 0.3) is 0 Å². The van der Waals surface area contributed by atoms with Crippen LogP contribution in [0.5, 0.6) is 0 Å². The lowest BCUT2D eigenvalue weighted by Gasteiger charge is -2.29. The van der Waals surface area contributed by atoms with Crippen molar-refractivity contribution in [3.63, 3.8) is 0 Å². The van der Waals surface area contributed by atoms with Crippen molar-refractivity contribution >= 4 is 0 Å².